The molecular formula is C42H52F3NO15. The number of rotatable bonds is 9. The molecule has 5 aliphatic rings. The number of hydrogen-bond acceptors (Lipinski definition) is 15. The summed E-state index contributed by atoms with van der Waals surface area (Å²) in [6.45, 7) is 10.3. The second kappa shape index (κ2) is 15.6. The Morgan fingerprint density at radius 1 is 0.984 bits per heavy atom. The Hall–Kier alpha value is -4.59. The van der Waals surface area contributed by atoms with Crippen molar-refractivity contribution in [1.29, 1.82) is 0 Å². The fourth-order valence-corrected chi connectivity index (χ4v) is 9.50. The third-order valence-corrected chi connectivity index (χ3v) is 12.9. The average molecular weight is 868 g/mol. The SMILES string of the molecule is CC(=O)O[C@@]12CO[C@@H]1C[C@H](O)[C@@]1(C)C(=O)[C@H](OC(=O)C3CC3)C3=C(C)[C@@H](OC(=O)[C@H](O)[C@@H](NC(=O)OC(C)(C)C)C(F)(F)F)C[C@@](O)(C(OC(=O)c4ccccc4)C12)C3(C)C. The number of carbonyl (C=O) groups excluding carboxylic acids is 6. The van der Waals surface area contributed by atoms with E-state index in [-0.39, 0.29) is 23.1 Å². The van der Waals surface area contributed by atoms with E-state index in [1.54, 1.807) is 6.07 Å². The zero-order chi connectivity index (χ0) is 45.4. The van der Waals surface area contributed by atoms with Crippen molar-refractivity contribution in [2.75, 3.05) is 6.61 Å². The van der Waals surface area contributed by atoms with Crippen LogP contribution in [0.25, 0.3) is 0 Å². The fourth-order valence-electron chi connectivity index (χ4n) is 9.50. The number of hydrogen-bond donors (Lipinski definition) is 4. The van der Waals surface area contributed by atoms with Crippen molar-refractivity contribution >= 4 is 35.8 Å². The van der Waals surface area contributed by atoms with Crippen molar-refractivity contribution in [3.63, 3.8) is 0 Å². The van der Waals surface area contributed by atoms with Crippen LogP contribution in [0.4, 0.5) is 18.0 Å². The van der Waals surface area contributed by atoms with E-state index in [0.29, 0.717) is 12.8 Å². The number of ketones is 1. The number of carbonyl (C=O) groups is 6. The first-order valence-corrected chi connectivity index (χ1v) is 20.0. The van der Waals surface area contributed by atoms with E-state index in [4.69, 9.17) is 28.4 Å². The number of ether oxygens (including phenoxy) is 6. The number of amides is 1. The molecule has 4 aliphatic carbocycles. The third-order valence-electron chi connectivity index (χ3n) is 12.9. The summed E-state index contributed by atoms with van der Waals surface area (Å²) in [7, 11) is 0. The van der Waals surface area contributed by atoms with Crippen molar-refractivity contribution in [1.82, 2.24) is 5.32 Å². The number of aliphatic hydroxyl groups is 3. The largest absolute Gasteiger partial charge is 0.456 e. The molecule has 4 fully saturated rings. The predicted octanol–water partition coefficient (Wildman–Crippen LogP) is 3.41. The lowest BCUT2D eigenvalue weighted by Gasteiger charge is -2.67. The van der Waals surface area contributed by atoms with Crippen LogP contribution in [0.5, 0.6) is 0 Å². The summed E-state index contributed by atoms with van der Waals surface area (Å²) in [5.41, 5.74) is -10.0. The van der Waals surface area contributed by atoms with Gasteiger partial charge in [0, 0.05) is 25.2 Å². The van der Waals surface area contributed by atoms with Crippen LogP contribution >= 0.6 is 0 Å². The average Bonchev–Trinajstić information content (AvgIpc) is 4.00. The second-order valence-corrected chi connectivity index (χ2v) is 18.4. The highest BCUT2D eigenvalue weighted by Crippen LogP contribution is 2.64. The van der Waals surface area contributed by atoms with Crippen LogP contribution in [0, 0.1) is 22.7 Å². The third kappa shape index (κ3) is 8.02. The maximum absolute atomic E-state index is 15.5. The molecule has 1 amide bonds. The highest BCUT2D eigenvalue weighted by molar-refractivity contribution is 5.96. The van der Waals surface area contributed by atoms with Gasteiger partial charge in [0.05, 0.1) is 35.5 Å². The molecule has 19 heteroatoms. The van der Waals surface area contributed by atoms with Crippen LogP contribution < -0.4 is 5.32 Å². The van der Waals surface area contributed by atoms with Gasteiger partial charge in [-0.2, -0.15) is 13.2 Å². The van der Waals surface area contributed by atoms with E-state index in [2.05, 4.69) is 0 Å². The monoisotopic (exact) mass is 867 g/mol. The van der Waals surface area contributed by atoms with E-state index in [1.807, 2.05) is 0 Å². The van der Waals surface area contributed by atoms with Gasteiger partial charge in [-0.1, -0.05) is 32.0 Å². The number of halogens is 3. The molecule has 2 unspecified atom stereocenters. The van der Waals surface area contributed by atoms with Gasteiger partial charge in [-0.3, -0.25) is 14.4 Å². The standard InChI is InChI=1S/C42H52F3NO15/c1-19-23(57-35(53)27(49)30(42(43,44)45)46-36(54)61-37(3,4)5)17-41(55)32(59-34(52)21-12-10-9-11-13-21)29-39(8,24(48)16-25-40(29,18-56-25)60-20(2)47)31(50)28(26(19)38(41,6)7)58-33(51)22-14-15-22/h9-13,22-25,27-30,32,48-49,55H,14-18H2,1-8H3,(H,46,54)/t23-,24-,25+,27+,28+,29?,30+,32?,39+,40-,41+/m0/s1. The highest BCUT2D eigenvalue weighted by atomic mass is 19.4. The van der Waals surface area contributed by atoms with Crippen LogP contribution in [0.15, 0.2) is 41.5 Å². The van der Waals surface area contributed by atoms with Crippen molar-refractivity contribution in [2.45, 2.75) is 147 Å². The van der Waals surface area contributed by atoms with Crippen LogP contribution in [0.2, 0.25) is 0 Å². The highest BCUT2D eigenvalue weighted by Gasteiger charge is 2.78. The number of esters is 4. The number of nitrogens with one attached hydrogen (secondary N) is 1. The minimum absolute atomic E-state index is 0.0286. The molecule has 0 aromatic heterocycles. The molecular weight excluding hydrogens is 815 g/mol. The summed E-state index contributed by atoms with van der Waals surface area (Å²) in [4.78, 5) is 82.3. The van der Waals surface area contributed by atoms with Crippen LogP contribution in [0.3, 0.4) is 0 Å². The van der Waals surface area contributed by atoms with Gasteiger partial charge < -0.3 is 49.1 Å². The maximum atomic E-state index is 15.5. The Morgan fingerprint density at radius 2 is 1.61 bits per heavy atom. The summed E-state index contributed by atoms with van der Waals surface area (Å²) in [5.74, 6) is -7.92. The van der Waals surface area contributed by atoms with E-state index in [1.165, 1.54) is 78.0 Å². The summed E-state index contributed by atoms with van der Waals surface area (Å²) >= 11 is 0. The van der Waals surface area contributed by atoms with E-state index < -0.39 is 137 Å². The number of aliphatic hydroxyl groups excluding tert-OH is 2. The first-order valence-electron chi connectivity index (χ1n) is 20.0. The van der Waals surface area contributed by atoms with Crippen molar-refractivity contribution in [2.24, 2.45) is 22.7 Å². The smallest absolute Gasteiger partial charge is 0.411 e. The lowest BCUT2D eigenvalue weighted by Crippen LogP contribution is -2.82. The molecule has 4 N–H and O–H groups in total. The van der Waals surface area contributed by atoms with Gasteiger partial charge in [-0.15, -0.1) is 0 Å². The predicted molar refractivity (Wildman–Crippen MR) is 201 cm³/mol. The summed E-state index contributed by atoms with van der Waals surface area (Å²) in [6.07, 6.45) is -19.0. The van der Waals surface area contributed by atoms with E-state index >= 15 is 4.79 Å². The molecule has 0 radical (unpaired) electrons. The van der Waals surface area contributed by atoms with Crippen LogP contribution in [-0.4, -0.2) is 123 Å². The minimum atomic E-state index is -5.44. The van der Waals surface area contributed by atoms with Crippen molar-refractivity contribution in [3.8, 4) is 0 Å². The first-order chi connectivity index (χ1) is 28.1. The molecule has 2 bridgehead atoms. The molecule has 1 aliphatic heterocycles. The molecule has 1 heterocycles. The molecule has 11 atom stereocenters. The fraction of sp³-hybridized carbons (Fsp3) is 0.667. The Kier molecular flexibility index (Phi) is 11.8. The summed E-state index contributed by atoms with van der Waals surface area (Å²) in [5, 5.41) is 37.9. The molecule has 3 saturated carbocycles. The number of alkyl halides is 3. The van der Waals surface area contributed by atoms with Gasteiger partial charge in [0.2, 0.25) is 0 Å². The van der Waals surface area contributed by atoms with Gasteiger partial charge in [0.25, 0.3) is 0 Å². The van der Waals surface area contributed by atoms with Gasteiger partial charge in [-0.05, 0) is 70.7 Å². The number of Topliss-reactive ketones (excluding diaryl/α,β-unsaturated/α-hetero) is 1. The molecule has 1 saturated heterocycles. The Bertz CT molecular complexity index is 1990. The Balaban J connectivity index is 1.55. The van der Waals surface area contributed by atoms with Gasteiger partial charge in [-0.25, -0.2) is 14.4 Å². The number of alkyl carbamates (subject to hydrolysis) is 1. The topological polar surface area (TPSA) is 231 Å². The Morgan fingerprint density at radius 3 is 2.13 bits per heavy atom. The molecule has 1 aromatic rings. The molecule has 6 rings (SSSR count). The minimum Gasteiger partial charge on any atom is -0.456 e. The zero-order valence-corrected chi connectivity index (χ0v) is 35.0. The van der Waals surface area contributed by atoms with Gasteiger partial charge in [0.1, 0.15) is 29.5 Å². The van der Waals surface area contributed by atoms with E-state index in [0.717, 1.165) is 6.92 Å². The Labute approximate surface area is 349 Å². The number of fused-ring (bicyclic) bond motifs is 5. The molecule has 61 heavy (non-hydrogen) atoms. The molecule has 16 nitrogen and oxygen atoms in total. The van der Waals surface area contributed by atoms with Crippen molar-refractivity contribution < 1.29 is 85.7 Å². The van der Waals surface area contributed by atoms with Gasteiger partial charge >= 0.3 is 36.1 Å². The quantitative estimate of drug-likeness (QED) is 0.158. The first kappa shape index (κ1) is 45.9. The summed E-state index contributed by atoms with van der Waals surface area (Å²) in [6, 6.07) is 4.21. The van der Waals surface area contributed by atoms with Crippen molar-refractivity contribution in [3.05, 3.63) is 47.0 Å². The van der Waals surface area contributed by atoms with Gasteiger partial charge in [0.15, 0.2) is 29.6 Å². The van der Waals surface area contributed by atoms with Crippen LogP contribution in [0.1, 0.15) is 91.4 Å². The summed E-state index contributed by atoms with van der Waals surface area (Å²) < 4.78 is 77.6. The molecule has 1 aromatic carbocycles. The van der Waals surface area contributed by atoms with E-state index in [9.17, 15) is 52.5 Å². The zero-order valence-electron chi connectivity index (χ0n) is 35.0. The molecule has 336 valence electrons. The normalized spacial score (nSPS) is 34.1. The maximum Gasteiger partial charge on any atom is 0.411 e. The second-order valence-electron chi connectivity index (χ2n) is 18.4. The lowest BCUT2D eigenvalue weighted by atomic mass is 9.44. The lowest BCUT2D eigenvalue weighted by molar-refractivity contribution is -0.346. The molecule has 0 spiro atoms. The number of benzene rings is 1. The van der Waals surface area contributed by atoms with Crippen LogP contribution in [-0.2, 0) is 47.6 Å².